The fourth-order valence-electron chi connectivity index (χ4n) is 2.77. The first-order valence-electron chi connectivity index (χ1n) is 6.76. The summed E-state index contributed by atoms with van der Waals surface area (Å²) in [5.74, 6) is 0.997. The zero-order chi connectivity index (χ0) is 13.0. The van der Waals surface area contributed by atoms with Gasteiger partial charge in [0.2, 0.25) is 0 Å². The van der Waals surface area contributed by atoms with E-state index in [2.05, 4.69) is 35.3 Å². The van der Waals surface area contributed by atoms with Crippen molar-refractivity contribution in [2.75, 3.05) is 27.2 Å². The molecule has 2 rings (SSSR count). The number of likely N-dealkylation sites (N-methyl/N-ethyl adjacent to an activating group) is 1. The first-order chi connectivity index (χ1) is 8.74. The predicted molar refractivity (Wildman–Crippen MR) is 82.3 cm³/mol. The molecule has 19 heavy (non-hydrogen) atoms. The van der Waals surface area contributed by atoms with Gasteiger partial charge in [-0.3, -0.25) is 4.90 Å². The van der Waals surface area contributed by atoms with Gasteiger partial charge < -0.3 is 10.1 Å². The van der Waals surface area contributed by atoms with E-state index in [-0.39, 0.29) is 12.4 Å². The SMILES string of the molecule is CNCC1CCCN1Cc1ccc(C)c(OC)c1.Cl. The van der Waals surface area contributed by atoms with E-state index in [0.29, 0.717) is 6.04 Å². The normalized spacial score (nSPS) is 19.2. The molecule has 1 unspecified atom stereocenters. The highest BCUT2D eigenvalue weighted by Crippen LogP contribution is 2.23. The highest BCUT2D eigenvalue weighted by molar-refractivity contribution is 5.85. The highest BCUT2D eigenvalue weighted by atomic mass is 35.5. The molecular formula is C15H25ClN2O. The fourth-order valence-corrected chi connectivity index (χ4v) is 2.77. The molecule has 0 saturated carbocycles. The van der Waals surface area contributed by atoms with Crippen LogP contribution in [0.1, 0.15) is 24.0 Å². The average molecular weight is 285 g/mol. The molecule has 1 aromatic carbocycles. The summed E-state index contributed by atoms with van der Waals surface area (Å²) in [6, 6.07) is 7.22. The van der Waals surface area contributed by atoms with E-state index in [4.69, 9.17) is 4.74 Å². The van der Waals surface area contributed by atoms with Crippen LogP contribution in [0.15, 0.2) is 18.2 Å². The number of halogens is 1. The Hall–Kier alpha value is -0.770. The number of hydrogen-bond acceptors (Lipinski definition) is 3. The van der Waals surface area contributed by atoms with Gasteiger partial charge in [0.15, 0.2) is 0 Å². The average Bonchev–Trinajstić information content (AvgIpc) is 2.80. The van der Waals surface area contributed by atoms with E-state index in [0.717, 1.165) is 18.8 Å². The van der Waals surface area contributed by atoms with Crippen molar-refractivity contribution < 1.29 is 4.74 Å². The molecule has 0 bridgehead atoms. The molecule has 1 aliphatic rings. The predicted octanol–water partition coefficient (Wildman–Crippen LogP) is 2.61. The second-order valence-electron chi connectivity index (χ2n) is 5.13. The molecule has 1 atom stereocenters. The van der Waals surface area contributed by atoms with E-state index < -0.39 is 0 Å². The topological polar surface area (TPSA) is 24.5 Å². The van der Waals surface area contributed by atoms with Gasteiger partial charge in [-0.1, -0.05) is 12.1 Å². The molecule has 1 aliphatic heterocycles. The quantitative estimate of drug-likeness (QED) is 0.900. The molecule has 4 heteroatoms. The Balaban J connectivity index is 0.00000180. The lowest BCUT2D eigenvalue weighted by Gasteiger charge is -2.24. The number of ether oxygens (including phenoxy) is 1. The second kappa shape index (κ2) is 7.73. The monoisotopic (exact) mass is 284 g/mol. The zero-order valence-corrected chi connectivity index (χ0v) is 12.9. The van der Waals surface area contributed by atoms with Crippen molar-refractivity contribution in [3.05, 3.63) is 29.3 Å². The molecule has 1 aromatic rings. The molecule has 0 aromatic heterocycles. The van der Waals surface area contributed by atoms with Crippen molar-refractivity contribution in [2.45, 2.75) is 32.4 Å². The van der Waals surface area contributed by atoms with Gasteiger partial charge in [0.1, 0.15) is 5.75 Å². The number of likely N-dealkylation sites (tertiary alicyclic amines) is 1. The number of aryl methyl sites for hydroxylation is 1. The number of benzene rings is 1. The number of methoxy groups -OCH3 is 1. The molecular weight excluding hydrogens is 260 g/mol. The van der Waals surface area contributed by atoms with Gasteiger partial charge in [-0.15, -0.1) is 12.4 Å². The molecule has 0 aliphatic carbocycles. The second-order valence-corrected chi connectivity index (χ2v) is 5.13. The Morgan fingerprint density at radius 3 is 2.89 bits per heavy atom. The maximum atomic E-state index is 5.39. The molecule has 1 saturated heterocycles. The molecule has 0 radical (unpaired) electrons. The van der Waals surface area contributed by atoms with Crippen LogP contribution in [0.25, 0.3) is 0 Å². The summed E-state index contributed by atoms with van der Waals surface area (Å²) in [4.78, 5) is 2.57. The Labute approximate surface area is 122 Å². The Morgan fingerprint density at radius 1 is 1.42 bits per heavy atom. The van der Waals surface area contributed by atoms with Crippen LogP contribution in [0.2, 0.25) is 0 Å². The van der Waals surface area contributed by atoms with Gasteiger partial charge in [0, 0.05) is 19.1 Å². The van der Waals surface area contributed by atoms with E-state index in [1.54, 1.807) is 7.11 Å². The summed E-state index contributed by atoms with van der Waals surface area (Å²) >= 11 is 0. The van der Waals surface area contributed by atoms with Gasteiger partial charge in [-0.05, 0) is 50.6 Å². The summed E-state index contributed by atoms with van der Waals surface area (Å²) in [6.45, 7) is 5.41. The largest absolute Gasteiger partial charge is 0.496 e. The van der Waals surface area contributed by atoms with Crippen LogP contribution in [0, 0.1) is 6.92 Å². The standard InChI is InChI=1S/C15H24N2O.ClH/c1-12-6-7-13(9-15(12)18-3)11-17-8-4-5-14(17)10-16-2;/h6-7,9,14,16H,4-5,8,10-11H2,1-3H3;1H. The van der Waals surface area contributed by atoms with Crippen LogP contribution < -0.4 is 10.1 Å². The third-order valence-corrected chi connectivity index (χ3v) is 3.80. The molecule has 0 amide bonds. The Kier molecular flexibility index (Phi) is 6.63. The van der Waals surface area contributed by atoms with Crippen molar-refractivity contribution in [2.24, 2.45) is 0 Å². The highest BCUT2D eigenvalue weighted by Gasteiger charge is 2.23. The van der Waals surface area contributed by atoms with Gasteiger partial charge >= 0.3 is 0 Å². The molecule has 1 heterocycles. The van der Waals surface area contributed by atoms with Crippen molar-refractivity contribution in [1.82, 2.24) is 10.2 Å². The van der Waals surface area contributed by atoms with Crippen molar-refractivity contribution >= 4 is 12.4 Å². The molecule has 1 N–H and O–H groups in total. The Morgan fingerprint density at radius 2 is 2.21 bits per heavy atom. The zero-order valence-electron chi connectivity index (χ0n) is 12.1. The Bertz CT molecular complexity index is 398. The van der Waals surface area contributed by atoms with Gasteiger partial charge in [-0.25, -0.2) is 0 Å². The van der Waals surface area contributed by atoms with Gasteiger partial charge in [0.25, 0.3) is 0 Å². The van der Waals surface area contributed by atoms with Crippen LogP contribution in [-0.4, -0.2) is 38.2 Å². The smallest absolute Gasteiger partial charge is 0.122 e. The summed E-state index contributed by atoms with van der Waals surface area (Å²) in [5.41, 5.74) is 2.55. The molecule has 0 spiro atoms. The molecule has 108 valence electrons. The first kappa shape index (κ1) is 16.3. The lowest BCUT2D eigenvalue weighted by Crippen LogP contribution is -2.36. The fraction of sp³-hybridized carbons (Fsp3) is 0.600. The summed E-state index contributed by atoms with van der Waals surface area (Å²) in [7, 11) is 3.77. The van der Waals surface area contributed by atoms with Crippen LogP contribution in [0.5, 0.6) is 5.75 Å². The lowest BCUT2D eigenvalue weighted by atomic mass is 10.1. The maximum absolute atomic E-state index is 5.39. The van der Waals surface area contributed by atoms with E-state index in [9.17, 15) is 0 Å². The van der Waals surface area contributed by atoms with Crippen LogP contribution >= 0.6 is 12.4 Å². The molecule has 1 fully saturated rings. The van der Waals surface area contributed by atoms with Crippen LogP contribution in [-0.2, 0) is 6.54 Å². The van der Waals surface area contributed by atoms with Gasteiger partial charge in [-0.2, -0.15) is 0 Å². The summed E-state index contributed by atoms with van der Waals surface area (Å²) < 4.78 is 5.39. The minimum Gasteiger partial charge on any atom is -0.496 e. The minimum atomic E-state index is 0. The lowest BCUT2D eigenvalue weighted by molar-refractivity contribution is 0.242. The summed E-state index contributed by atoms with van der Waals surface area (Å²) in [6.07, 6.45) is 2.62. The minimum absolute atomic E-state index is 0. The number of hydrogen-bond donors (Lipinski definition) is 1. The summed E-state index contributed by atoms with van der Waals surface area (Å²) in [5, 5.41) is 3.29. The number of nitrogens with one attached hydrogen (secondary N) is 1. The van der Waals surface area contributed by atoms with E-state index in [1.165, 1.54) is 30.5 Å². The molecule has 3 nitrogen and oxygen atoms in total. The number of rotatable bonds is 5. The maximum Gasteiger partial charge on any atom is 0.122 e. The van der Waals surface area contributed by atoms with Crippen LogP contribution in [0.3, 0.4) is 0 Å². The van der Waals surface area contributed by atoms with E-state index in [1.807, 2.05) is 7.05 Å². The van der Waals surface area contributed by atoms with Crippen LogP contribution in [0.4, 0.5) is 0 Å². The first-order valence-corrected chi connectivity index (χ1v) is 6.76. The van der Waals surface area contributed by atoms with E-state index >= 15 is 0 Å². The van der Waals surface area contributed by atoms with Gasteiger partial charge in [0.05, 0.1) is 7.11 Å². The van der Waals surface area contributed by atoms with Crippen molar-refractivity contribution in [1.29, 1.82) is 0 Å². The number of nitrogens with zero attached hydrogens (tertiary/aromatic N) is 1. The van der Waals surface area contributed by atoms with Crippen molar-refractivity contribution in [3.8, 4) is 5.75 Å². The third kappa shape index (κ3) is 4.10. The third-order valence-electron chi connectivity index (χ3n) is 3.80. The van der Waals surface area contributed by atoms with Crippen molar-refractivity contribution in [3.63, 3.8) is 0 Å².